The number of rotatable bonds is 4. The molecule has 0 aliphatic carbocycles. The van der Waals surface area contributed by atoms with Crippen molar-refractivity contribution in [1.82, 2.24) is 15.0 Å². The monoisotopic (exact) mass is 203 g/mol. The number of alkyl halides is 2. The fraction of sp³-hybridized carbons (Fsp3) is 0.625. The highest BCUT2D eigenvalue weighted by Crippen LogP contribution is 2.16. The standard InChI is InChI=1S/C8H11F2N3O/c1-5(2)8-6(4-14)11-12-13(8)3-7(9)10/h4-5,7H,3H2,1-2H3. The van der Waals surface area contributed by atoms with E-state index in [2.05, 4.69) is 10.3 Å². The van der Waals surface area contributed by atoms with Crippen molar-refractivity contribution in [3.05, 3.63) is 11.4 Å². The number of carbonyl (C=O) groups is 1. The molecule has 1 heterocycles. The van der Waals surface area contributed by atoms with E-state index < -0.39 is 13.0 Å². The van der Waals surface area contributed by atoms with Gasteiger partial charge in [0.25, 0.3) is 6.43 Å². The summed E-state index contributed by atoms with van der Waals surface area (Å²) in [6.07, 6.45) is -1.96. The van der Waals surface area contributed by atoms with E-state index in [0.717, 1.165) is 4.68 Å². The zero-order valence-electron chi connectivity index (χ0n) is 7.94. The van der Waals surface area contributed by atoms with Gasteiger partial charge in [0, 0.05) is 0 Å². The Morgan fingerprint density at radius 2 is 2.14 bits per heavy atom. The molecule has 0 atom stereocenters. The van der Waals surface area contributed by atoms with Gasteiger partial charge in [-0.25, -0.2) is 13.5 Å². The maximum atomic E-state index is 12.1. The Labute approximate surface area is 79.9 Å². The Kier molecular flexibility index (Phi) is 3.27. The minimum absolute atomic E-state index is 0.0519. The first-order valence-corrected chi connectivity index (χ1v) is 4.23. The summed E-state index contributed by atoms with van der Waals surface area (Å²) in [5.41, 5.74) is 0.598. The van der Waals surface area contributed by atoms with Crippen molar-refractivity contribution in [2.24, 2.45) is 0 Å². The van der Waals surface area contributed by atoms with Crippen molar-refractivity contribution in [2.45, 2.75) is 32.7 Å². The topological polar surface area (TPSA) is 47.8 Å². The third kappa shape index (κ3) is 2.12. The molecular weight excluding hydrogens is 192 g/mol. The van der Waals surface area contributed by atoms with Crippen LogP contribution in [0, 0.1) is 0 Å². The van der Waals surface area contributed by atoms with E-state index in [1.807, 2.05) is 0 Å². The van der Waals surface area contributed by atoms with E-state index in [1.54, 1.807) is 13.8 Å². The predicted octanol–water partition coefficient (Wildman–Crippen LogP) is 1.48. The third-order valence-corrected chi connectivity index (χ3v) is 1.77. The summed E-state index contributed by atoms with van der Waals surface area (Å²) >= 11 is 0. The van der Waals surface area contributed by atoms with E-state index in [1.165, 1.54) is 0 Å². The van der Waals surface area contributed by atoms with Gasteiger partial charge >= 0.3 is 0 Å². The van der Waals surface area contributed by atoms with Gasteiger partial charge in [0.05, 0.1) is 5.69 Å². The summed E-state index contributed by atoms with van der Waals surface area (Å²) in [6, 6.07) is 0. The second kappa shape index (κ2) is 4.26. The molecule has 4 nitrogen and oxygen atoms in total. The first kappa shape index (κ1) is 10.7. The zero-order valence-corrected chi connectivity index (χ0v) is 7.94. The molecule has 0 N–H and O–H groups in total. The molecule has 78 valence electrons. The molecule has 6 heteroatoms. The molecule has 0 amide bonds. The second-order valence-electron chi connectivity index (χ2n) is 3.21. The van der Waals surface area contributed by atoms with Crippen molar-refractivity contribution in [3.63, 3.8) is 0 Å². The molecule has 1 rings (SSSR count). The lowest BCUT2D eigenvalue weighted by Gasteiger charge is -2.08. The lowest BCUT2D eigenvalue weighted by molar-refractivity contribution is 0.111. The van der Waals surface area contributed by atoms with E-state index in [9.17, 15) is 13.6 Å². The van der Waals surface area contributed by atoms with E-state index >= 15 is 0 Å². The molecule has 1 aromatic rings. The summed E-state index contributed by atoms with van der Waals surface area (Å²) in [4.78, 5) is 10.5. The number of hydrogen-bond donors (Lipinski definition) is 0. The van der Waals surface area contributed by atoms with Gasteiger partial charge in [-0.1, -0.05) is 19.1 Å². The van der Waals surface area contributed by atoms with Crippen LogP contribution in [-0.4, -0.2) is 27.7 Å². The van der Waals surface area contributed by atoms with Crippen LogP contribution in [0.25, 0.3) is 0 Å². The van der Waals surface area contributed by atoms with Gasteiger partial charge in [-0.3, -0.25) is 4.79 Å². The van der Waals surface area contributed by atoms with Crippen LogP contribution in [0.5, 0.6) is 0 Å². The fourth-order valence-electron chi connectivity index (χ4n) is 1.28. The fourth-order valence-corrected chi connectivity index (χ4v) is 1.28. The van der Waals surface area contributed by atoms with Crippen LogP contribution in [0.3, 0.4) is 0 Å². The van der Waals surface area contributed by atoms with Crippen LogP contribution in [0.1, 0.15) is 35.9 Å². The first-order valence-electron chi connectivity index (χ1n) is 4.23. The normalized spacial score (nSPS) is 11.3. The van der Waals surface area contributed by atoms with Gasteiger partial charge in [0.1, 0.15) is 12.2 Å². The van der Waals surface area contributed by atoms with Crippen LogP contribution in [0.2, 0.25) is 0 Å². The molecule has 0 radical (unpaired) electrons. The molecule has 0 saturated carbocycles. The Balaban J connectivity index is 3.04. The predicted molar refractivity (Wildman–Crippen MR) is 45.5 cm³/mol. The van der Waals surface area contributed by atoms with Crippen molar-refractivity contribution in [1.29, 1.82) is 0 Å². The van der Waals surface area contributed by atoms with Crippen molar-refractivity contribution in [3.8, 4) is 0 Å². The molecule has 0 bridgehead atoms. The highest BCUT2D eigenvalue weighted by molar-refractivity contribution is 5.73. The Morgan fingerprint density at radius 3 is 2.57 bits per heavy atom. The van der Waals surface area contributed by atoms with E-state index in [4.69, 9.17) is 0 Å². The van der Waals surface area contributed by atoms with Gasteiger partial charge in [-0.2, -0.15) is 0 Å². The smallest absolute Gasteiger partial charge is 0.257 e. The Morgan fingerprint density at radius 1 is 1.50 bits per heavy atom. The van der Waals surface area contributed by atoms with Gasteiger partial charge < -0.3 is 0 Å². The summed E-state index contributed by atoms with van der Waals surface area (Å²) in [7, 11) is 0. The van der Waals surface area contributed by atoms with Crippen LogP contribution < -0.4 is 0 Å². The minimum atomic E-state index is -2.49. The van der Waals surface area contributed by atoms with Crippen molar-refractivity contribution in [2.75, 3.05) is 0 Å². The number of carbonyl (C=O) groups excluding carboxylic acids is 1. The van der Waals surface area contributed by atoms with Gasteiger partial charge in [-0.05, 0) is 5.92 Å². The molecule has 1 aromatic heterocycles. The highest BCUT2D eigenvalue weighted by atomic mass is 19.3. The summed E-state index contributed by atoms with van der Waals surface area (Å²) in [5, 5.41) is 7.02. The first-order chi connectivity index (χ1) is 6.56. The van der Waals surface area contributed by atoms with E-state index in [-0.39, 0.29) is 11.6 Å². The lowest BCUT2D eigenvalue weighted by Crippen LogP contribution is -2.13. The van der Waals surface area contributed by atoms with Crippen molar-refractivity contribution >= 4 is 6.29 Å². The number of aldehydes is 1. The summed E-state index contributed by atoms with van der Waals surface area (Å²) in [6.45, 7) is 3.08. The SMILES string of the molecule is CC(C)c1c(C=O)nnn1CC(F)F. The summed E-state index contributed by atoms with van der Waals surface area (Å²) < 4.78 is 25.3. The van der Waals surface area contributed by atoms with Crippen LogP contribution in [0.15, 0.2) is 0 Å². The molecule has 0 aromatic carbocycles. The average Bonchev–Trinajstić information content (AvgIpc) is 2.46. The summed E-state index contributed by atoms with van der Waals surface area (Å²) in [5.74, 6) is -0.0519. The molecule has 14 heavy (non-hydrogen) atoms. The lowest BCUT2D eigenvalue weighted by atomic mass is 10.1. The maximum Gasteiger partial charge on any atom is 0.257 e. The van der Waals surface area contributed by atoms with Crippen molar-refractivity contribution < 1.29 is 13.6 Å². The van der Waals surface area contributed by atoms with Gasteiger partial charge in [-0.15, -0.1) is 5.10 Å². The number of nitrogens with zero attached hydrogens (tertiary/aromatic N) is 3. The highest BCUT2D eigenvalue weighted by Gasteiger charge is 2.17. The maximum absolute atomic E-state index is 12.1. The number of hydrogen-bond acceptors (Lipinski definition) is 3. The third-order valence-electron chi connectivity index (χ3n) is 1.77. The molecule has 0 aliphatic rings. The molecule has 0 spiro atoms. The van der Waals surface area contributed by atoms with E-state index in [0.29, 0.717) is 12.0 Å². The van der Waals surface area contributed by atoms with Crippen LogP contribution in [-0.2, 0) is 6.54 Å². The Bertz CT molecular complexity index is 322. The average molecular weight is 203 g/mol. The Hall–Kier alpha value is -1.33. The van der Waals surface area contributed by atoms with Gasteiger partial charge in [0.15, 0.2) is 6.29 Å². The van der Waals surface area contributed by atoms with Crippen LogP contribution >= 0.6 is 0 Å². The van der Waals surface area contributed by atoms with Crippen LogP contribution in [0.4, 0.5) is 8.78 Å². The quantitative estimate of drug-likeness (QED) is 0.696. The van der Waals surface area contributed by atoms with Gasteiger partial charge in [0.2, 0.25) is 0 Å². The minimum Gasteiger partial charge on any atom is -0.296 e. The molecule has 0 fully saturated rings. The molecule has 0 aliphatic heterocycles. The largest absolute Gasteiger partial charge is 0.296 e. The molecule has 0 unspecified atom stereocenters. The molecule has 0 saturated heterocycles. The number of aromatic nitrogens is 3. The molecular formula is C8H11F2N3O. The second-order valence-corrected chi connectivity index (χ2v) is 3.21. The number of halogens is 2. The zero-order chi connectivity index (χ0) is 10.7.